The zero-order chi connectivity index (χ0) is 20.9. The summed E-state index contributed by atoms with van der Waals surface area (Å²) in [6, 6.07) is 0. The third-order valence-corrected chi connectivity index (χ3v) is 4.33. The second-order valence-corrected chi connectivity index (χ2v) is 7.81. The summed E-state index contributed by atoms with van der Waals surface area (Å²) in [4.78, 5) is 11.5. The van der Waals surface area contributed by atoms with Crippen LogP contribution in [0.5, 0.6) is 0 Å². The molecule has 0 saturated heterocycles. The molecule has 0 saturated carbocycles. The van der Waals surface area contributed by atoms with Gasteiger partial charge >= 0.3 is 0 Å². The monoisotopic (exact) mass is 409 g/mol. The van der Waals surface area contributed by atoms with Gasteiger partial charge in [0.25, 0.3) is 10.1 Å². The summed E-state index contributed by atoms with van der Waals surface area (Å²) >= 11 is 0. The molecule has 0 aliphatic heterocycles. The van der Waals surface area contributed by atoms with E-state index in [2.05, 4.69) is 66.9 Å². The van der Waals surface area contributed by atoms with Crippen LogP contribution in [0.4, 0.5) is 0 Å². The first-order chi connectivity index (χ1) is 13.5. The molecule has 0 rings (SSSR count). The van der Waals surface area contributed by atoms with Gasteiger partial charge in [-0.2, -0.15) is 8.42 Å². The maximum absolute atomic E-state index is 11.5. The number of carbonyl (C=O) groups excluding carboxylic acids is 1. The van der Waals surface area contributed by atoms with Crippen molar-refractivity contribution in [1.82, 2.24) is 5.32 Å². The molecule has 0 bridgehead atoms. The van der Waals surface area contributed by atoms with Crippen molar-refractivity contribution in [2.45, 2.75) is 58.3 Å². The van der Waals surface area contributed by atoms with Crippen molar-refractivity contribution in [3.8, 4) is 0 Å². The number of amides is 1. The molecule has 0 spiro atoms. The van der Waals surface area contributed by atoms with Crippen LogP contribution in [-0.4, -0.2) is 31.2 Å². The third kappa shape index (κ3) is 22.1. The van der Waals surface area contributed by atoms with Crippen LogP contribution in [-0.2, 0) is 14.9 Å². The molecule has 0 unspecified atom stereocenters. The largest absolute Gasteiger partial charge is 0.355 e. The van der Waals surface area contributed by atoms with Crippen molar-refractivity contribution in [3.05, 3.63) is 60.8 Å². The lowest BCUT2D eigenvalue weighted by atomic mass is 10.2. The number of hydrogen-bond donors (Lipinski definition) is 2. The van der Waals surface area contributed by atoms with Crippen LogP contribution in [0.15, 0.2) is 60.8 Å². The Morgan fingerprint density at radius 2 is 1.29 bits per heavy atom. The molecule has 5 nitrogen and oxygen atoms in total. The average molecular weight is 410 g/mol. The molecule has 0 aliphatic carbocycles. The van der Waals surface area contributed by atoms with E-state index in [0.717, 1.165) is 38.5 Å². The van der Waals surface area contributed by atoms with Crippen molar-refractivity contribution < 1.29 is 17.8 Å². The highest BCUT2D eigenvalue weighted by Gasteiger charge is 2.05. The van der Waals surface area contributed by atoms with Crippen LogP contribution in [0.2, 0.25) is 0 Å². The van der Waals surface area contributed by atoms with Gasteiger partial charge in [0, 0.05) is 13.0 Å². The maximum atomic E-state index is 11.5. The molecular formula is C22H35NO4S. The van der Waals surface area contributed by atoms with Gasteiger partial charge in [-0.15, -0.1) is 0 Å². The van der Waals surface area contributed by atoms with Gasteiger partial charge in [-0.05, 0) is 44.9 Å². The number of hydrogen-bond acceptors (Lipinski definition) is 3. The van der Waals surface area contributed by atoms with Gasteiger partial charge < -0.3 is 5.32 Å². The molecule has 0 heterocycles. The Hall–Kier alpha value is -1.92. The minimum Gasteiger partial charge on any atom is -0.355 e. The standard InChI is InChI=1S/C22H35NO4S/c1-2-3-4-5-6-7-8-9-10-11-12-13-14-15-16-17-18-19-22(24)23-20-21-28(25,26)27/h3-4,6-7,9-10,12-13,15-16H,2,5,8,11,14,17-21H2,1H3,(H,23,24)(H,25,26,27)/b4-3+,7-6+,10-9+,13-12+,16-15+. The fourth-order valence-electron chi connectivity index (χ4n) is 2.16. The van der Waals surface area contributed by atoms with Crippen LogP contribution in [0.25, 0.3) is 0 Å². The predicted molar refractivity (Wildman–Crippen MR) is 118 cm³/mol. The molecule has 158 valence electrons. The molecule has 1 amide bonds. The Morgan fingerprint density at radius 3 is 1.75 bits per heavy atom. The van der Waals surface area contributed by atoms with Crippen LogP contribution in [0, 0.1) is 0 Å². The summed E-state index contributed by atoms with van der Waals surface area (Å²) in [6.07, 6.45) is 28.1. The van der Waals surface area contributed by atoms with Crippen LogP contribution < -0.4 is 5.32 Å². The Kier molecular flexibility index (Phi) is 17.2. The number of nitrogens with one attached hydrogen (secondary N) is 1. The van der Waals surface area contributed by atoms with Gasteiger partial charge in [-0.1, -0.05) is 67.7 Å². The molecule has 0 aromatic heterocycles. The van der Waals surface area contributed by atoms with Crippen LogP contribution in [0.3, 0.4) is 0 Å². The highest BCUT2D eigenvalue weighted by molar-refractivity contribution is 7.85. The molecule has 28 heavy (non-hydrogen) atoms. The predicted octanol–water partition coefficient (Wildman–Crippen LogP) is 4.91. The molecule has 0 aromatic carbocycles. The van der Waals surface area contributed by atoms with Crippen LogP contribution in [0.1, 0.15) is 58.3 Å². The molecule has 6 heteroatoms. The number of unbranched alkanes of at least 4 members (excludes halogenated alkanes) is 1. The second kappa shape index (κ2) is 18.4. The normalized spacial score (nSPS) is 13.1. The Bertz CT molecular complexity index is 643. The van der Waals surface area contributed by atoms with Gasteiger partial charge in [-0.3, -0.25) is 9.35 Å². The van der Waals surface area contributed by atoms with E-state index >= 15 is 0 Å². The van der Waals surface area contributed by atoms with Gasteiger partial charge in [0.15, 0.2) is 0 Å². The summed E-state index contributed by atoms with van der Waals surface area (Å²) in [5.74, 6) is -0.649. The Balaban J connectivity index is 3.57. The van der Waals surface area contributed by atoms with E-state index in [-0.39, 0.29) is 12.5 Å². The zero-order valence-electron chi connectivity index (χ0n) is 16.9. The van der Waals surface area contributed by atoms with E-state index in [4.69, 9.17) is 4.55 Å². The summed E-state index contributed by atoms with van der Waals surface area (Å²) in [7, 11) is -4.01. The molecule has 0 radical (unpaired) electrons. The lowest BCUT2D eigenvalue weighted by Crippen LogP contribution is -2.28. The summed E-state index contributed by atoms with van der Waals surface area (Å²) in [6.45, 7) is 2.08. The molecule has 0 fully saturated rings. The second-order valence-electron chi connectivity index (χ2n) is 6.24. The van der Waals surface area contributed by atoms with E-state index < -0.39 is 15.9 Å². The Morgan fingerprint density at radius 1 is 0.821 bits per heavy atom. The van der Waals surface area contributed by atoms with Crippen molar-refractivity contribution in [1.29, 1.82) is 0 Å². The smallest absolute Gasteiger partial charge is 0.266 e. The molecular weight excluding hydrogens is 374 g/mol. The summed E-state index contributed by atoms with van der Waals surface area (Å²) in [5, 5.41) is 2.47. The van der Waals surface area contributed by atoms with Gasteiger partial charge in [0.1, 0.15) is 0 Å². The fraction of sp³-hybridized carbons (Fsp3) is 0.500. The lowest BCUT2D eigenvalue weighted by Gasteiger charge is -2.02. The summed E-state index contributed by atoms with van der Waals surface area (Å²) in [5.41, 5.74) is 0. The SMILES string of the molecule is CC/C=C/C/C=C/C/C=C/C/C=C/C/C=C/CCCC(=O)NCCS(=O)(=O)O. The molecule has 2 N–H and O–H groups in total. The highest BCUT2D eigenvalue weighted by atomic mass is 32.2. The van der Waals surface area contributed by atoms with Crippen molar-refractivity contribution in [2.75, 3.05) is 12.3 Å². The average Bonchev–Trinajstić information content (AvgIpc) is 2.63. The van der Waals surface area contributed by atoms with Crippen molar-refractivity contribution in [3.63, 3.8) is 0 Å². The number of carbonyl (C=O) groups is 1. The van der Waals surface area contributed by atoms with E-state index in [1.807, 2.05) is 6.08 Å². The first-order valence-corrected chi connectivity index (χ1v) is 11.5. The minimum absolute atomic E-state index is 0.0562. The molecule has 0 atom stereocenters. The number of rotatable bonds is 16. The van der Waals surface area contributed by atoms with E-state index in [1.54, 1.807) is 0 Å². The highest BCUT2D eigenvalue weighted by Crippen LogP contribution is 1.99. The summed E-state index contributed by atoms with van der Waals surface area (Å²) < 4.78 is 29.6. The van der Waals surface area contributed by atoms with E-state index in [1.165, 1.54) is 0 Å². The van der Waals surface area contributed by atoms with Gasteiger partial charge in [0.2, 0.25) is 5.91 Å². The fourth-order valence-corrected chi connectivity index (χ4v) is 2.52. The third-order valence-electron chi connectivity index (χ3n) is 3.61. The minimum atomic E-state index is -4.01. The van der Waals surface area contributed by atoms with E-state index in [0.29, 0.717) is 12.8 Å². The molecule has 0 aromatic rings. The molecule has 0 aliphatic rings. The van der Waals surface area contributed by atoms with Gasteiger partial charge in [-0.25, -0.2) is 0 Å². The van der Waals surface area contributed by atoms with Crippen molar-refractivity contribution >= 4 is 16.0 Å². The first kappa shape index (κ1) is 26.1. The number of allylic oxidation sites excluding steroid dienone is 10. The van der Waals surface area contributed by atoms with Crippen molar-refractivity contribution in [2.24, 2.45) is 0 Å². The van der Waals surface area contributed by atoms with E-state index in [9.17, 15) is 13.2 Å². The Labute approximate surface area is 170 Å². The van der Waals surface area contributed by atoms with Crippen LogP contribution >= 0.6 is 0 Å². The maximum Gasteiger partial charge on any atom is 0.266 e. The lowest BCUT2D eigenvalue weighted by molar-refractivity contribution is -0.121. The van der Waals surface area contributed by atoms with Gasteiger partial charge in [0.05, 0.1) is 5.75 Å². The first-order valence-electron chi connectivity index (χ1n) is 9.92. The topological polar surface area (TPSA) is 83.5 Å². The quantitative estimate of drug-likeness (QED) is 0.215. The zero-order valence-corrected chi connectivity index (χ0v) is 17.7.